The summed E-state index contributed by atoms with van der Waals surface area (Å²) in [5.41, 5.74) is 1.56. The van der Waals surface area contributed by atoms with Crippen molar-refractivity contribution in [3.8, 4) is 0 Å². The topological polar surface area (TPSA) is 67.4 Å². The van der Waals surface area contributed by atoms with Crippen LogP contribution < -0.4 is 10.0 Å². The normalized spacial score (nSPS) is 13.2. The molecule has 0 aliphatic heterocycles. The molecule has 0 bridgehead atoms. The summed E-state index contributed by atoms with van der Waals surface area (Å²) < 4.78 is 32.0. The van der Waals surface area contributed by atoms with Gasteiger partial charge in [0.2, 0.25) is 10.0 Å². The molecule has 1 unspecified atom stereocenters. The van der Waals surface area contributed by atoms with Crippen molar-refractivity contribution in [2.75, 3.05) is 32.0 Å². The number of nitrogens with one attached hydrogen (secondary N) is 2. The van der Waals surface area contributed by atoms with E-state index in [1.807, 2.05) is 18.2 Å². The minimum Gasteiger partial charge on any atom is -0.384 e. The average Bonchev–Trinajstić information content (AvgIpc) is 2.37. The maximum absolute atomic E-state index is 12.1. The van der Waals surface area contributed by atoms with E-state index in [1.54, 1.807) is 27.1 Å². The molecule has 0 fully saturated rings. The van der Waals surface area contributed by atoms with Crippen molar-refractivity contribution >= 4 is 15.7 Å². The fourth-order valence-electron chi connectivity index (χ4n) is 1.70. The molecule has 0 saturated heterocycles. The summed E-state index contributed by atoms with van der Waals surface area (Å²) in [6.07, 6.45) is 0.676. The second kappa shape index (κ2) is 7.47. The number of rotatable bonds is 8. The molecule has 1 atom stereocenters. The van der Waals surface area contributed by atoms with E-state index in [2.05, 4.69) is 10.0 Å². The van der Waals surface area contributed by atoms with Crippen LogP contribution in [0.2, 0.25) is 0 Å². The maximum atomic E-state index is 12.1. The lowest BCUT2D eigenvalue weighted by Crippen LogP contribution is -2.33. The molecule has 0 spiro atoms. The van der Waals surface area contributed by atoms with E-state index in [0.717, 1.165) is 5.56 Å². The molecule has 0 heterocycles. The van der Waals surface area contributed by atoms with Crippen LogP contribution in [0, 0.1) is 0 Å². The van der Waals surface area contributed by atoms with Crippen LogP contribution in [0.5, 0.6) is 0 Å². The van der Waals surface area contributed by atoms with Gasteiger partial charge in [0.05, 0.1) is 17.5 Å². The van der Waals surface area contributed by atoms with Crippen LogP contribution >= 0.6 is 0 Å². The van der Waals surface area contributed by atoms with Crippen molar-refractivity contribution in [3.05, 3.63) is 29.8 Å². The number of methoxy groups -OCH3 is 1. The zero-order chi connectivity index (χ0) is 14.3. The summed E-state index contributed by atoms with van der Waals surface area (Å²) in [4.78, 5) is 0. The van der Waals surface area contributed by atoms with Gasteiger partial charge in [-0.15, -0.1) is 0 Å². The van der Waals surface area contributed by atoms with Gasteiger partial charge in [0.15, 0.2) is 0 Å². The van der Waals surface area contributed by atoms with Gasteiger partial charge in [-0.05, 0) is 32.0 Å². The first-order chi connectivity index (χ1) is 9.01. The highest BCUT2D eigenvalue weighted by molar-refractivity contribution is 7.93. The highest BCUT2D eigenvalue weighted by Gasteiger charge is 2.20. The average molecular weight is 286 g/mol. The van der Waals surface area contributed by atoms with Gasteiger partial charge >= 0.3 is 0 Å². The third kappa shape index (κ3) is 4.81. The van der Waals surface area contributed by atoms with Crippen molar-refractivity contribution < 1.29 is 13.2 Å². The number of ether oxygens (including phenoxy) is 1. The molecular formula is C13H22N2O3S. The number of sulfonamides is 1. The van der Waals surface area contributed by atoms with Gasteiger partial charge in [-0.1, -0.05) is 18.2 Å². The standard InChI is InChI=1S/C13H22N2O3S/c1-11(10-14-2)19(16,17)15-13-7-5-4-6-12(13)8-9-18-3/h4-7,11,14-15H,8-10H2,1-3H3. The first-order valence-electron chi connectivity index (χ1n) is 6.24. The zero-order valence-corrected chi connectivity index (χ0v) is 12.5. The van der Waals surface area contributed by atoms with Gasteiger partial charge in [-0.2, -0.15) is 0 Å². The van der Waals surface area contributed by atoms with E-state index in [-0.39, 0.29) is 0 Å². The van der Waals surface area contributed by atoms with Crippen LogP contribution in [-0.2, 0) is 21.2 Å². The van der Waals surface area contributed by atoms with E-state index in [4.69, 9.17) is 4.74 Å². The molecule has 0 amide bonds. The molecule has 1 aromatic carbocycles. The van der Waals surface area contributed by atoms with Gasteiger partial charge < -0.3 is 10.1 Å². The molecule has 5 nitrogen and oxygen atoms in total. The van der Waals surface area contributed by atoms with Crippen molar-refractivity contribution in [1.82, 2.24) is 5.32 Å². The molecule has 0 aliphatic rings. The highest BCUT2D eigenvalue weighted by atomic mass is 32.2. The number of para-hydroxylation sites is 1. The second-order valence-electron chi connectivity index (χ2n) is 4.42. The molecule has 19 heavy (non-hydrogen) atoms. The van der Waals surface area contributed by atoms with E-state index >= 15 is 0 Å². The van der Waals surface area contributed by atoms with Crippen molar-refractivity contribution in [3.63, 3.8) is 0 Å². The highest BCUT2D eigenvalue weighted by Crippen LogP contribution is 2.18. The number of benzene rings is 1. The number of hydrogen-bond donors (Lipinski definition) is 2. The lowest BCUT2D eigenvalue weighted by atomic mass is 10.1. The first kappa shape index (κ1) is 15.9. The Labute approximate surface area is 115 Å². The quantitative estimate of drug-likeness (QED) is 0.754. The SMILES string of the molecule is CNCC(C)S(=O)(=O)Nc1ccccc1CCOC. The predicted molar refractivity (Wildman–Crippen MR) is 78.0 cm³/mol. The van der Waals surface area contributed by atoms with Gasteiger partial charge in [0.1, 0.15) is 0 Å². The Balaban J connectivity index is 2.86. The van der Waals surface area contributed by atoms with E-state index < -0.39 is 15.3 Å². The van der Waals surface area contributed by atoms with Crippen LogP contribution in [0.4, 0.5) is 5.69 Å². The third-order valence-electron chi connectivity index (χ3n) is 2.87. The van der Waals surface area contributed by atoms with Crippen LogP contribution in [0.15, 0.2) is 24.3 Å². The molecule has 1 aromatic rings. The summed E-state index contributed by atoms with van der Waals surface area (Å²) in [5.74, 6) is 0. The maximum Gasteiger partial charge on any atom is 0.236 e. The van der Waals surface area contributed by atoms with Crippen LogP contribution in [-0.4, -0.2) is 41.0 Å². The Kier molecular flexibility index (Phi) is 6.27. The van der Waals surface area contributed by atoms with E-state index in [0.29, 0.717) is 25.3 Å². The Morgan fingerprint density at radius 1 is 1.32 bits per heavy atom. The van der Waals surface area contributed by atoms with Gasteiger partial charge in [-0.25, -0.2) is 8.42 Å². The smallest absolute Gasteiger partial charge is 0.236 e. The minimum absolute atomic E-state index is 0.412. The Hall–Kier alpha value is -1.11. The lowest BCUT2D eigenvalue weighted by Gasteiger charge is -2.16. The summed E-state index contributed by atoms with van der Waals surface area (Å²) >= 11 is 0. The summed E-state index contributed by atoms with van der Waals surface area (Å²) in [6, 6.07) is 7.38. The molecule has 1 rings (SSSR count). The van der Waals surface area contributed by atoms with Crippen LogP contribution in [0.3, 0.4) is 0 Å². The van der Waals surface area contributed by atoms with Gasteiger partial charge in [0.25, 0.3) is 0 Å². The first-order valence-corrected chi connectivity index (χ1v) is 7.79. The minimum atomic E-state index is -3.38. The van der Waals surface area contributed by atoms with E-state index in [1.165, 1.54) is 0 Å². The zero-order valence-electron chi connectivity index (χ0n) is 11.6. The Morgan fingerprint density at radius 2 is 2.00 bits per heavy atom. The fraction of sp³-hybridized carbons (Fsp3) is 0.538. The van der Waals surface area contributed by atoms with Crippen molar-refractivity contribution in [2.24, 2.45) is 0 Å². The third-order valence-corrected chi connectivity index (χ3v) is 4.60. The van der Waals surface area contributed by atoms with Gasteiger partial charge in [0, 0.05) is 13.7 Å². The van der Waals surface area contributed by atoms with Gasteiger partial charge in [-0.3, -0.25) is 4.72 Å². The van der Waals surface area contributed by atoms with Crippen LogP contribution in [0.25, 0.3) is 0 Å². The Bertz CT molecular complexity index is 488. The number of anilines is 1. The molecule has 0 aliphatic carbocycles. The van der Waals surface area contributed by atoms with E-state index in [9.17, 15) is 8.42 Å². The molecule has 0 saturated carbocycles. The van der Waals surface area contributed by atoms with Crippen LogP contribution in [0.1, 0.15) is 12.5 Å². The second-order valence-corrected chi connectivity index (χ2v) is 6.51. The summed E-state index contributed by atoms with van der Waals surface area (Å²) in [6.45, 7) is 2.65. The molecule has 0 radical (unpaired) electrons. The fourth-order valence-corrected chi connectivity index (χ4v) is 2.79. The molecule has 108 valence electrons. The molecular weight excluding hydrogens is 264 g/mol. The molecule has 0 aromatic heterocycles. The van der Waals surface area contributed by atoms with Crippen molar-refractivity contribution in [1.29, 1.82) is 0 Å². The molecule has 6 heteroatoms. The Morgan fingerprint density at radius 3 is 2.63 bits per heavy atom. The number of hydrogen-bond acceptors (Lipinski definition) is 4. The monoisotopic (exact) mass is 286 g/mol. The summed E-state index contributed by atoms with van der Waals surface area (Å²) in [7, 11) is -0.0149. The summed E-state index contributed by atoms with van der Waals surface area (Å²) in [5, 5.41) is 2.38. The largest absolute Gasteiger partial charge is 0.384 e. The molecule has 2 N–H and O–H groups in total. The predicted octanol–water partition coefficient (Wildman–Crippen LogP) is 1.23. The lowest BCUT2D eigenvalue weighted by molar-refractivity contribution is 0.202. The van der Waals surface area contributed by atoms with Crippen molar-refractivity contribution in [2.45, 2.75) is 18.6 Å².